The van der Waals surface area contributed by atoms with Crippen LogP contribution < -0.4 is 14.8 Å². The molecule has 0 saturated carbocycles. The van der Waals surface area contributed by atoms with E-state index in [0.29, 0.717) is 11.1 Å². The van der Waals surface area contributed by atoms with Crippen LogP contribution in [0.15, 0.2) is 48.5 Å². The molecule has 1 N–H and O–H groups in total. The Labute approximate surface area is 178 Å². The number of terminal acetylenes is 2. The predicted molar refractivity (Wildman–Crippen MR) is 108 cm³/mol. The van der Waals surface area contributed by atoms with Crippen LogP contribution in [0.5, 0.6) is 11.5 Å². The van der Waals surface area contributed by atoms with Gasteiger partial charge in [-0.2, -0.15) is 0 Å². The number of carbonyl (C=O) groups excluding carboxylic acids is 1. The summed E-state index contributed by atoms with van der Waals surface area (Å²) in [7, 11) is 0. The van der Waals surface area contributed by atoms with Gasteiger partial charge in [0.1, 0.15) is 13.2 Å². The molecule has 31 heavy (non-hydrogen) atoms. The summed E-state index contributed by atoms with van der Waals surface area (Å²) in [5.41, 5.74) is 1.12. The number of benzene rings is 2. The first-order valence-electron chi connectivity index (χ1n) is 9.16. The second kappa shape index (κ2) is 11.5. The lowest BCUT2D eigenvalue weighted by molar-refractivity contribution is -0.275. The second-order valence-corrected chi connectivity index (χ2v) is 6.17. The SMILES string of the molecule is C#CCOc1ccc(CCNC(=O)C(OCC#C)c2ccccc2)cc1OC(F)(F)F. The van der Waals surface area contributed by atoms with E-state index in [1.807, 2.05) is 0 Å². The van der Waals surface area contributed by atoms with E-state index < -0.39 is 24.1 Å². The molecular formula is C23H20F3NO4. The van der Waals surface area contributed by atoms with E-state index in [9.17, 15) is 18.0 Å². The predicted octanol–water partition coefficient (Wildman–Crippen LogP) is 3.65. The van der Waals surface area contributed by atoms with Gasteiger partial charge >= 0.3 is 6.36 Å². The Morgan fingerprint density at radius 1 is 1.03 bits per heavy atom. The molecule has 1 unspecified atom stereocenters. The summed E-state index contributed by atoms with van der Waals surface area (Å²) in [6.45, 7) is -0.107. The van der Waals surface area contributed by atoms with E-state index in [0.717, 1.165) is 0 Å². The highest BCUT2D eigenvalue weighted by atomic mass is 19.4. The Morgan fingerprint density at radius 3 is 2.39 bits per heavy atom. The summed E-state index contributed by atoms with van der Waals surface area (Å²) in [5, 5.41) is 2.70. The number of amides is 1. The third-order valence-corrected chi connectivity index (χ3v) is 3.93. The van der Waals surface area contributed by atoms with Crippen molar-refractivity contribution in [3.63, 3.8) is 0 Å². The van der Waals surface area contributed by atoms with Gasteiger partial charge in [-0.1, -0.05) is 48.2 Å². The van der Waals surface area contributed by atoms with E-state index in [4.69, 9.17) is 22.3 Å². The Morgan fingerprint density at radius 2 is 1.74 bits per heavy atom. The van der Waals surface area contributed by atoms with Gasteiger partial charge in [0.2, 0.25) is 0 Å². The Hall–Kier alpha value is -3.62. The molecule has 0 saturated heterocycles. The first-order chi connectivity index (χ1) is 14.8. The molecule has 8 heteroatoms. The lowest BCUT2D eigenvalue weighted by Gasteiger charge is -2.17. The highest BCUT2D eigenvalue weighted by Gasteiger charge is 2.32. The molecule has 1 atom stereocenters. The molecule has 0 spiro atoms. The van der Waals surface area contributed by atoms with Crippen LogP contribution >= 0.6 is 0 Å². The fraction of sp³-hybridized carbons (Fsp3) is 0.261. The number of alkyl halides is 3. The number of carbonyl (C=O) groups is 1. The largest absolute Gasteiger partial charge is 0.573 e. The summed E-state index contributed by atoms with van der Waals surface area (Å²) < 4.78 is 52.6. The molecule has 2 rings (SSSR count). The van der Waals surface area contributed by atoms with Crippen LogP contribution in [0.1, 0.15) is 17.2 Å². The van der Waals surface area contributed by atoms with E-state index in [1.165, 1.54) is 12.1 Å². The maximum absolute atomic E-state index is 12.7. The molecule has 0 radical (unpaired) electrons. The van der Waals surface area contributed by atoms with Crippen LogP contribution in [0.4, 0.5) is 13.2 Å². The molecule has 0 fully saturated rings. The minimum atomic E-state index is -4.89. The molecule has 0 aliphatic heterocycles. The smallest absolute Gasteiger partial charge is 0.477 e. The molecule has 0 bridgehead atoms. The summed E-state index contributed by atoms with van der Waals surface area (Å²) in [6, 6.07) is 12.9. The van der Waals surface area contributed by atoms with Gasteiger partial charge < -0.3 is 19.5 Å². The van der Waals surface area contributed by atoms with E-state index in [1.54, 1.807) is 36.4 Å². The zero-order chi connectivity index (χ0) is 22.7. The van der Waals surface area contributed by atoms with Crippen molar-refractivity contribution in [1.29, 1.82) is 0 Å². The van der Waals surface area contributed by atoms with Crippen molar-refractivity contribution in [2.45, 2.75) is 18.9 Å². The zero-order valence-corrected chi connectivity index (χ0v) is 16.4. The second-order valence-electron chi connectivity index (χ2n) is 6.17. The maximum atomic E-state index is 12.7. The molecular weight excluding hydrogens is 411 g/mol. The number of nitrogens with one attached hydrogen (secondary N) is 1. The Balaban J connectivity index is 2.04. The normalized spacial score (nSPS) is 11.6. The Bertz CT molecular complexity index is 946. The molecule has 2 aromatic carbocycles. The van der Waals surface area contributed by atoms with Crippen molar-refractivity contribution >= 4 is 5.91 Å². The van der Waals surface area contributed by atoms with Gasteiger partial charge in [-0.3, -0.25) is 4.79 Å². The molecule has 162 valence electrons. The van der Waals surface area contributed by atoms with Gasteiger partial charge in [0, 0.05) is 6.54 Å². The van der Waals surface area contributed by atoms with Crippen LogP contribution in [0.25, 0.3) is 0 Å². The number of ether oxygens (including phenoxy) is 3. The van der Waals surface area contributed by atoms with Crippen LogP contribution in [-0.4, -0.2) is 32.0 Å². The zero-order valence-electron chi connectivity index (χ0n) is 16.4. The van der Waals surface area contributed by atoms with Crippen molar-refractivity contribution in [3.05, 3.63) is 59.7 Å². The van der Waals surface area contributed by atoms with Crippen LogP contribution in [0.3, 0.4) is 0 Å². The van der Waals surface area contributed by atoms with Crippen LogP contribution in [0.2, 0.25) is 0 Å². The summed E-state index contributed by atoms with van der Waals surface area (Å²) >= 11 is 0. The third kappa shape index (κ3) is 7.96. The third-order valence-electron chi connectivity index (χ3n) is 3.93. The van der Waals surface area contributed by atoms with Crippen molar-refractivity contribution in [3.8, 4) is 36.2 Å². The molecule has 0 heterocycles. The van der Waals surface area contributed by atoms with E-state index in [-0.39, 0.29) is 31.9 Å². The van der Waals surface area contributed by atoms with Crippen molar-refractivity contribution in [1.82, 2.24) is 5.32 Å². The molecule has 0 aliphatic carbocycles. The lowest BCUT2D eigenvalue weighted by Crippen LogP contribution is -2.32. The topological polar surface area (TPSA) is 56.8 Å². The summed E-state index contributed by atoms with van der Waals surface area (Å²) in [4.78, 5) is 12.5. The van der Waals surface area contributed by atoms with E-state index >= 15 is 0 Å². The van der Waals surface area contributed by atoms with Crippen molar-refractivity contribution in [2.24, 2.45) is 0 Å². The van der Waals surface area contributed by atoms with Crippen molar-refractivity contribution < 1.29 is 32.2 Å². The minimum Gasteiger partial charge on any atom is -0.477 e. The summed E-state index contributed by atoms with van der Waals surface area (Å²) in [6.07, 6.45) is 4.74. The average Bonchev–Trinajstić information content (AvgIpc) is 2.73. The highest BCUT2D eigenvalue weighted by molar-refractivity contribution is 5.82. The molecule has 1 amide bonds. The molecule has 2 aromatic rings. The minimum absolute atomic E-state index is 0.0513. The average molecular weight is 431 g/mol. The number of hydrogen-bond acceptors (Lipinski definition) is 4. The molecule has 0 aromatic heterocycles. The standard InChI is InChI=1S/C23H20F3NO4/c1-3-14-29-19-11-10-17(16-20(19)31-23(24,25)26)12-13-27-22(28)21(30-15-4-2)18-8-6-5-7-9-18/h1-2,5-11,16,21H,12-15H2,(H,27,28). The first kappa shape index (κ1) is 23.7. The van der Waals surface area contributed by atoms with Gasteiger partial charge in [-0.15, -0.1) is 26.0 Å². The van der Waals surface area contributed by atoms with Gasteiger partial charge in [0.05, 0.1) is 0 Å². The number of rotatable bonds is 10. The first-order valence-corrected chi connectivity index (χ1v) is 9.16. The van der Waals surface area contributed by atoms with E-state index in [2.05, 4.69) is 21.9 Å². The fourth-order valence-electron chi connectivity index (χ4n) is 2.66. The Kier molecular flexibility index (Phi) is 8.80. The monoisotopic (exact) mass is 431 g/mol. The van der Waals surface area contributed by atoms with Crippen molar-refractivity contribution in [2.75, 3.05) is 19.8 Å². The number of hydrogen-bond donors (Lipinski definition) is 1. The maximum Gasteiger partial charge on any atom is 0.573 e. The highest BCUT2D eigenvalue weighted by Crippen LogP contribution is 2.33. The molecule has 0 aliphatic rings. The van der Waals surface area contributed by atoms with Gasteiger partial charge in [-0.05, 0) is 29.7 Å². The summed E-state index contributed by atoms with van der Waals surface area (Å²) in [5.74, 6) is 3.44. The van der Waals surface area contributed by atoms with Crippen LogP contribution in [-0.2, 0) is 16.0 Å². The molecule has 5 nitrogen and oxygen atoms in total. The fourth-order valence-corrected chi connectivity index (χ4v) is 2.66. The van der Waals surface area contributed by atoms with Gasteiger partial charge in [0.15, 0.2) is 17.6 Å². The van der Waals surface area contributed by atoms with Gasteiger partial charge in [0.25, 0.3) is 5.91 Å². The quantitative estimate of drug-likeness (QED) is 0.584. The lowest BCUT2D eigenvalue weighted by atomic mass is 10.1. The van der Waals surface area contributed by atoms with Gasteiger partial charge in [-0.25, -0.2) is 0 Å². The number of halogens is 3. The van der Waals surface area contributed by atoms with Crippen LogP contribution in [0, 0.1) is 24.7 Å².